The van der Waals surface area contributed by atoms with Crippen molar-refractivity contribution in [1.29, 1.82) is 0 Å². The van der Waals surface area contributed by atoms with Crippen LogP contribution >= 0.6 is 0 Å². The zero-order chi connectivity index (χ0) is 25.8. The molecule has 0 amide bonds. The number of hydrogen-bond acceptors (Lipinski definition) is 3. The molecule has 0 aliphatic heterocycles. The van der Waals surface area contributed by atoms with Crippen LogP contribution < -0.4 is 0 Å². The molecule has 0 saturated heterocycles. The first-order valence-electron chi connectivity index (χ1n) is 14.6. The zero-order valence-corrected chi connectivity index (χ0v) is 24.1. The SMILES string of the molecule is CC(=O)O[C@H]1CC[C@@]2(C)[C@@H](CC[C@]3(C)[C@H]2CC=C2[C@H]4CC(C)(C)CC[C@]4(C)[C@@H](O)C[C@]23C)C1(C)C. The molecule has 5 rings (SSSR count). The Labute approximate surface area is 214 Å². The van der Waals surface area contributed by atoms with Crippen molar-refractivity contribution in [3.05, 3.63) is 11.6 Å². The fraction of sp³-hybridized carbons (Fsp3) is 0.906. The van der Waals surface area contributed by atoms with E-state index in [1.165, 1.54) is 32.1 Å². The van der Waals surface area contributed by atoms with E-state index in [0.29, 0.717) is 23.2 Å². The largest absolute Gasteiger partial charge is 0.462 e. The van der Waals surface area contributed by atoms with Crippen LogP contribution in [0.1, 0.15) is 120 Å². The van der Waals surface area contributed by atoms with Crippen LogP contribution in [0.5, 0.6) is 0 Å². The van der Waals surface area contributed by atoms with Gasteiger partial charge in [0.25, 0.3) is 0 Å². The first-order valence-corrected chi connectivity index (χ1v) is 14.6. The third-order valence-corrected chi connectivity index (χ3v) is 13.4. The number of carbonyl (C=O) groups excluding carboxylic acids is 1. The van der Waals surface area contributed by atoms with Gasteiger partial charge in [-0.25, -0.2) is 0 Å². The molecule has 3 heteroatoms. The molecule has 0 aromatic rings. The van der Waals surface area contributed by atoms with Crippen LogP contribution in [0.3, 0.4) is 0 Å². The standard InChI is InChI=1S/C32H52O3/c1-20(33)35-26-13-14-30(7)23(28(26,4)5)12-15-31(8)24(30)11-10-21-22-18-27(2,3)16-17-29(22,6)25(34)19-32(21,31)9/h10,22-26,34H,11-19H2,1-9H3/t22-,23+,24+,25+,26+,29+,30+,31-,32-/m1/s1. The zero-order valence-electron chi connectivity index (χ0n) is 24.1. The summed E-state index contributed by atoms with van der Waals surface area (Å²) >= 11 is 0. The summed E-state index contributed by atoms with van der Waals surface area (Å²) in [7, 11) is 0. The number of rotatable bonds is 1. The van der Waals surface area contributed by atoms with Crippen LogP contribution in [-0.2, 0) is 9.53 Å². The molecule has 4 fully saturated rings. The number of fused-ring (bicyclic) bond motifs is 7. The van der Waals surface area contributed by atoms with E-state index in [1.54, 1.807) is 12.5 Å². The molecule has 4 saturated carbocycles. The number of ether oxygens (including phenoxy) is 1. The van der Waals surface area contributed by atoms with Gasteiger partial charge in [0, 0.05) is 17.8 Å². The highest BCUT2D eigenvalue weighted by Crippen LogP contribution is 2.75. The van der Waals surface area contributed by atoms with E-state index < -0.39 is 0 Å². The first kappa shape index (κ1) is 25.8. The second-order valence-corrected chi connectivity index (χ2v) is 15.9. The molecular weight excluding hydrogens is 432 g/mol. The average molecular weight is 485 g/mol. The molecule has 0 aromatic heterocycles. The minimum Gasteiger partial charge on any atom is -0.462 e. The summed E-state index contributed by atoms with van der Waals surface area (Å²) in [5.74, 6) is 1.52. The van der Waals surface area contributed by atoms with Gasteiger partial charge in [-0.15, -0.1) is 0 Å². The number of hydrogen-bond donors (Lipinski definition) is 1. The minimum absolute atomic E-state index is 0.0110. The van der Waals surface area contributed by atoms with Crippen molar-refractivity contribution >= 4 is 5.97 Å². The molecule has 0 heterocycles. The lowest BCUT2D eigenvalue weighted by Gasteiger charge is -2.72. The van der Waals surface area contributed by atoms with Gasteiger partial charge in [-0.2, -0.15) is 0 Å². The maximum Gasteiger partial charge on any atom is 0.302 e. The molecule has 0 radical (unpaired) electrons. The van der Waals surface area contributed by atoms with Crippen LogP contribution in [0.15, 0.2) is 11.6 Å². The number of carbonyl (C=O) groups is 1. The second kappa shape index (κ2) is 7.61. The lowest BCUT2D eigenvalue weighted by atomic mass is 9.33. The van der Waals surface area contributed by atoms with E-state index in [4.69, 9.17) is 4.74 Å². The summed E-state index contributed by atoms with van der Waals surface area (Å²) in [6.07, 6.45) is 12.7. The minimum atomic E-state index is -0.219. The van der Waals surface area contributed by atoms with Gasteiger partial charge in [-0.1, -0.05) is 67.0 Å². The van der Waals surface area contributed by atoms with Gasteiger partial charge in [0.1, 0.15) is 6.10 Å². The highest BCUT2D eigenvalue weighted by molar-refractivity contribution is 5.66. The predicted molar refractivity (Wildman–Crippen MR) is 142 cm³/mol. The van der Waals surface area contributed by atoms with E-state index in [0.717, 1.165) is 25.7 Å². The molecule has 0 unspecified atom stereocenters. The molecule has 5 aliphatic carbocycles. The lowest BCUT2D eigenvalue weighted by Crippen LogP contribution is -2.66. The molecule has 3 nitrogen and oxygen atoms in total. The van der Waals surface area contributed by atoms with E-state index in [2.05, 4.69) is 61.5 Å². The van der Waals surface area contributed by atoms with Crippen molar-refractivity contribution in [3.8, 4) is 0 Å². The summed E-state index contributed by atoms with van der Waals surface area (Å²) in [6.45, 7) is 21.3. The monoisotopic (exact) mass is 484 g/mol. The van der Waals surface area contributed by atoms with Gasteiger partial charge in [-0.3, -0.25) is 4.79 Å². The topological polar surface area (TPSA) is 46.5 Å². The van der Waals surface area contributed by atoms with E-state index in [9.17, 15) is 9.90 Å². The Morgan fingerprint density at radius 3 is 2.23 bits per heavy atom. The van der Waals surface area contributed by atoms with E-state index in [1.807, 2.05) is 0 Å². The summed E-state index contributed by atoms with van der Waals surface area (Å²) in [5.41, 5.74) is 2.54. The fourth-order valence-electron chi connectivity index (χ4n) is 11.0. The highest BCUT2D eigenvalue weighted by Gasteiger charge is 2.69. The van der Waals surface area contributed by atoms with Crippen LogP contribution in [-0.4, -0.2) is 23.3 Å². The van der Waals surface area contributed by atoms with Crippen molar-refractivity contribution in [2.24, 2.45) is 50.2 Å². The van der Waals surface area contributed by atoms with Gasteiger partial charge < -0.3 is 9.84 Å². The maximum absolute atomic E-state index is 11.9. The summed E-state index contributed by atoms with van der Waals surface area (Å²) < 4.78 is 5.89. The van der Waals surface area contributed by atoms with Crippen LogP contribution in [0, 0.1) is 50.2 Å². The molecule has 35 heavy (non-hydrogen) atoms. The number of allylic oxidation sites excluding steroid dienone is 2. The van der Waals surface area contributed by atoms with E-state index in [-0.39, 0.29) is 45.3 Å². The van der Waals surface area contributed by atoms with Crippen LogP contribution in [0.25, 0.3) is 0 Å². The van der Waals surface area contributed by atoms with Crippen LogP contribution in [0.2, 0.25) is 0 Å². The lowest BCUT2D eigenvalue weighted by molar-refractivity contribution is -0.219. The first-order chi connectivity index (χ1) is 16.0. The molecule has 9 atom stereocenters. The third-order valence-electron chi connectivity index (χ3n) is 13.4. The molecule has 0 spiro atoms. The quantitative estimate of drug-likeness (QED) is 0.306. The Balaban J connectivity index is 1.55. The smallest absolute Gasteiger partial charge is 0.302 e. The molecule has 5 aliphatic rings. The fourth-order valence-corrected chi connectivity index (χ4v) is 11.0. The summed E-state index contributed by atoms with van der Waals surface area (Å²) in [6, 6.07) is 0. The van der Waals surface area contributed by atoms with Crippen molar-refractivity contribution in [2.45, 2.75) is 132 Å². The second-order valence-electron chi connectivity index (χ2n) is 15.9. The Kier molecular flexibility index (Phi) is 5.61. The van der Waals surface area contributed by atoms with Crippen molar-refractivity contribution < 1.29 is 14.6 Å². The Hall–Kier alpha value is -0.830. The Bertz CT molecular complexity index is 931. The van der Waals surface area contributed by atoms with Gasteiger partial charge in [0.2, 0.25) is 0 Å². The molecule has 198 valence electrons. The van der Waals surface area contributed by atoms with Crippen molar-refractivity contribution in [1.82, 2.24) is 0 Å². The van der Waals surface area contributed by atoms with Gasteiger partial charge in [0.15, 0.2) is 0 Å². The Morgan fingerprint density at radius 1 is 0.886 bits per heavy atom. The Morgan fingerprint density at radius 2 is 1.57 bits per heavy atom. The highest BCUT2D eigenvalue weighted by atomic mass is 16.5. The molecule has 1 N–H and O–H groups in total. The molecule has 0 aromatic carbocycles. The van der Waals surface area contributed by atoms with Gasteiger partial charge in [0.05, 0.1) is 6.10 Å². The maximum atomic E-state index is 11.9. The normalized spacial score (nSPS) is 52.2. The predicted octanol–water partition coefficient (Wildman–Crippen LogP) is 7.71. The van der Waals surface area contributed by atoms with Gasteiger partial charge in [-0.05, 0) is 97.2 Å². The summed E-state index contributed by atoms with van der Waals surface area (Å²) in [5, 5.41) is 11.8. The number of aliphatic hydroxyl groups excluding tert-OH is 1. The van der Waals surface area contributed by atoms with Gasteiger partial charge >= 0.3 is 5.97 Å². The molecular formula is C32H52O3. The van der Waals surface area contributed by atoms with E-state index >= 15 is 0 Å². The molecule has 0 bridgehead atoms. The average Bonchev–Trinajstić information content (AvgIpc) is 2.72. The number of aliphatic hydroxyl groups is 1. The van der Waals surface area contributed by atoms with Crippen LogP contribution in [0.4, 0.5) is 0 Å². The van der Waals surface area contributed by atoms with Crippen molar-refractivity contribution in [3.63, 3.8) is 0 Å². The summed E-state index contributed by atoms with van der Waals surface area (Å²) in [4.78, 5) is 11.9. The third kappa shape index (κ3) is 3.34. The van der Waals surface area contributed by atoms with Crippen molar-refractivity contribution in [2.75, 3.05) is 0 Å². The number of esters is 1.